The smallest absolute Gasteiger partial charge is 0.209 e. The molecule has 0 N–H and O–H groups in total. The Balaban J connectivity index is 2.50. The molecule has 1 aliphatic carbocycles. The molecule has 1 unspecified atom stereocenters. The van der Waals surface area contributed by atoms with Crippen LogP contribution >= 0.6 is 0 Å². The van der Waals surface area contributed by atoms with Gasteiger partial charge in [0.05, 0.1) is 12.0 Å². The summed E-state index contributed by atoms with van der Waals surface area (Å²) in [6.07, 6.45) is 4.58. The number of aromatic nitrogens is 2. The molecule has 0 radical (unpaired) electrons. The average Bonchev–Trinajstić information content (AvgIpc) is 2.67. The number of imidazole rings is 1. The van der Waals surface area contributed by atoms with Crippen LogP contribution in [0.5, 0.6) is 0 Å². The molecular weight excluding hydrogens is 226 g/mol. The van der Waals surface area contributed by atoms with Crippen molar-refractivity contribution in [2.75, 3.05) is 14.1 Å². The van der Waals surface area contributed by atoms with Gasteiger partial charge in [0.25, 0.3) is 0 Å². The first kappa shape index (κ1) is 12.9. The van der Waals surface area contributed by atoms with Gasteiger partial charge in [0.2, 0.25) is 5.78 Å². The van der Waals surface area contributed by atoms with Crippen molar-refractivity contribution in [1.29, 1.82) is 0 Å². The Labute approximate surface area is 108 Å². The summed E-state index contributed by atoms with van der Waals surface area (Å²) in [7, 11) is 3.89. The summed E-state index contributed by atoms with van der Waals surface area (Å²) >= 11 is 0. The first-order valence-corrected chi connectivity index (χ1v) is 6.40. The average molecular weight is 247 g/mol. The van der Waals surface area contributed by atoms with Crippen molar-refractivity contribution in [2.45, 2.75) is 33.2 Å². The highest BCUT2D eigenvalue weighted by molar-refractivity contribution is 6.09. The maximum absolute atomic E-state index is 12.6. The molecule has 0 spiro atoms. The molecule has 0 aromatic carbocycles. The van der Waals surface area contributed by atoms with Gasteiger partial charge in [0.15, 0.2) is 0 Å². The molecule has 0 saturated carbocycles. The second-order valence-electron chi connectivity index (χ2n) is 5.52. The lowest BCUT2D eigenvalue weighted by Crippen LogP contribution is -2.26. The summed E-state index contributed by atoms with van der Waals surface area (Å²) in [5.41, 5.74) is 2.60. The van der Waals surface area contributed by atoms with E-state index in [1.165, 1.54) is 0 Å². The number of rotatable bonds is 2. The van der Waals surface area contributed by atoms with Crippen molar-refractivity contribution < 1.29 is 4.79 Å². The van der Waals surface area contributed by atoms with E-state index in [0.717, 1.165) is 23.4 Å². The topological polar surface area (TPSA) is 38.1 Å². The van der Waals surface area contributed by atoms with Crippen LogP contribution in [0.15, 0.2) is 18.1 Å². The molecule has 0 aliphatic heterocycles. The molecule has 1 heterocycles. The van der Waals surface area contributed by atoms with Gasteiger partial charge in [-0.05, 0) is 26.2 Å². The zero-order valence-corrected chi connectivity index (χ0v) is 11.8. The number of carbonyl (C=O) groups excluding carboxylic acids is 1. The number of allylic oxidation sites excluding steroid dienone is 1. The highest BCUT2D eigenvalue weighted by Gasteiger charge is 2.32. The molecule has 18 heavy (non-hydrogen) atoms. The van der Waals surface area contributed by atoms with Gasteiger partial charge in [0, 0.05) is 31.9 Å². The molecule has 4 nitrogen and oxygen atoms in total. The van der Waals surface area contributed by atoms with Crippen LogP contribution in [0, 0.1) is 5.92 Å². The third-order valence-corrected chi connectivity index (χ3v) is 3.33. The predicted molar refractivity (Wildman–Crippen MR) is 71.6 cm³/mol. The SMILES string of the molecule is CC1Cc2ncn(C(C)C)c2C(=O)/C1=C\N(C)C. The van der Waals surface area contributed by atoms with E-state index in [0.29, 0.717) is 0 Å². The Morgan fingerprint density at radius 2 is 2.17 bits per heavy atom. The quantitative estimate of drug-likeness (QED) is 0.753. The molecule has 1 aliphatic rings. The van der Waals surface area contributed by atoms with E-state index in [2.05, 4.69) is 25.8 Å². The number of carbonyl (C=O) groups is 1. The molecule has 4 heteroatoms. The van der Waals surface area contributed by atoms with Crippen LogP contribution in [0.4, 0.5) is 0 Å². The fourth-order valence-corrected chi connectivity index (χ4v) is 2.41. The maximum Gasteiger partial charge on any atom is 0.209 e. The lowest BCUT2D eigenvalue weighted by molar-refractivity contribution is 0.0999. The molecular formula is C14H21N3O. The highest BCUT2D eigenvalue weighted by atomic mass is 16.1. The summed E-state index contributed by atoms with van der Waals surface area (Å²) < 4.78 is 1.98. The van der Waals surface area contributed by atoms with Gasteiger partial charge in [-0.3, -0.25) is 4.79 Å². The van der Waals surface area contributed by atoms with Crippen LogP contribution in [0.3, 0.4) is 0 Å². The van der Waals surface area contributed by atoms with Crippen molar-refractivity contribution in [3.8, 4) is 0 Å². The number of nitrogens with zero attached hydrogens (tertiary/aromatic N) is 3. The minimum atomic E-state index is 0.128. The van der Waals surface area contributed by atoms with E-state index in [9.17, 15) is 4.79 Å². The van der Waals surface area contributed by atoms with Gasteiger partial charge in [-0.15, -0.1) is 0 Å². The first-order chi connectivity index (χ1) is 8.41. The number of hydrogen-bond acceptors (Lipinski definition) is 3. The number of fused-ring (bicyclic) bond motifs is 1. The summed E-state index contributed by atoms with van der Waals surface area (Å²) in [6, 6.07) is 0.263. The fraction of sp³-hybridized carbons (Fsp3) is 0.571. The summed E-state index contributed by atoms with van der Waals surface area (Å²) in [5, 5.41) is 0. The highest BCUT2D eigenvalue weighted by Crippen LogP contribution is 2.30. The van der Waals surface area contributed by atoms with Gasteiger partial charge in [-0.25, -0.2) is 4.98 Å². The van der Waals surface area contributed by atoms with Crippen molar-refractivity contribution in [1.82, 2.24) is 14.5 Å². The standard InChI is InChI=1S/C14H21N3O/c1-9(2)17-8-15-12-6-10(3)11(7-16(4)5)14(18)13(12)17/h7-10H,6H2,1-5H3/b11-7-. The number of ketones is 1. The zero-order chi connectivity index (χ0) is 13.4. The second kappa shape index (κ2) is 4.59. The minimum Gasteiger partial charge on any atom is -0.383 e. The number of Topliss-reactive ketones (excluding diaryl/α,β-unsaturated/α-hetero) is 1. The fourth-order valence-electron chi connectivity index (χ4n) is 2.41. The van der Waals surface area contributed by atoms with Crippen LogP contribution in [-0.2, 0) is 6.42 Å². The summed E-state index contributed by atoms with van der Waals surface area (Å²) in [5.74, 6) is 0.367. The van der Waals surface area contributed by atoms with Crippen molar-refractivity contribution in [3.63, 3.8) is 0 Å². The Morgan fingerprint density at radius 3 is 2.72 bits per heavy atom. The Bertz CT molecular complexity index is 497. The van der Waals surface area contributed by atoms with E-state index in [1.54, 1.807) is 6.33 Å². The van der Waals surface area contributed by atoms with Gasteiger partial charge in [0.1, 0.15) is 5.69 Å². The third kappa shape index (κ3) is 2.07. The molecule has 0 fully saturated rings. The molecule has 0 amide bonds. The lowest BCUT2D eigenvalue weighted by atomic mass is 9.85. The molecule has 0 bridgehead atoms. The summed E-state index contributed by atoms with van der Waals surface area (Å²) in [6.45, 7) is 6.23. The number of hydrogen-bond donors (Lipinski definition) is 0. The van der Waals surface area contributed by atoms with Gasteiger partial charge in [-0.2, -0.15) is 0 Å². The lowest BCUT2D eigenvalue weighted by Gasteiger charge is -2.24. The van der Waals surface area contributed by atoms with Crippen LogP contribution in [0.1, 0.15) is 43.0 Å². The second-order valence-corrected chi connectivity index (χ2v) is 5.52. The van der Waals surface area contributed by atoms with Crippen LogP contribution in [0.25, 0.3) is 0 Å². The largest absolute Gasteiger partial charge is 0.383 e. The van der Waals surface area contributed by atoms with Crippen molar-refractivity contribution in [2.24, 2.45) is 5.92 Å². The zero-order valence-electron chi connectivity index (χ0n) is 11.8. The predicted octanol–water partition coefficient (Wildman–Crippen LogP) is 2.28. The first-order valence-electron chi connectivity index (χ1n) is 6.40. The molecule has 1 aromatic heterocycles. The van der Waals surface area contributed by atoms with Crippen LogP contribution in [0.2, 0.25) is 0 Å². The maximum atomic E-state index is 12.6. The van der Waals surface area contributed by atoms with Crippen LogP contribution < -0.4 is 0 Å². The minimum absolute atomic E-state index is 0.128. The molecule has 0 saturated heterocycles. The summed E-state index contributed by atoms with van der Waals surface area (Å²) in [4.78, 5) is 18.9. The van der Waals surface area contributed by atoms with E-state index < -0.39 is 0 Å². The Morgan fingerprint density at radius 1 is 1.50 bits per heavy atom. The molecule has 1 atom stereocenters. The van der Waals surface area contributed by atoms with Gasteiger partial charge < -0.3 is 9.47 Å². The molecule has 2 rings (SSSR count). The van der Waals surface area contributed by atoms with E-state index in [-0.39, 0.29) is 17.7 Å². The monoisotopic (exact) mass is 247 g/mol. The van der Waals surface area contributed by atoms with Gasteiger partial charge in [-0.1, -0.05) is 6.92 Å². The van der Waals surface area contributed by atoms with E-state index in [4.69, 9.17) is 0 Å². The van der Waals surface area contributed by atoms with Crippen molar-refractivity contribution >= 4 is 5.78 Å². The van der Waals surface area contributed by atoms with Crippen LogP contribution in [-0.4, -0.2) is 34.3 Å². The van der Waals surface area contributed by atoms with Gasteiger partial charge >= 0.3 is 0 Å². The van der Waals surface area contributed by atoms with E-state index in [1.807, 2.05) is 29.8 Å². The molecule has 1 aromatic rings. The van der Waals surface area contributed by atoms with E-state index >= 15 is 0 Å². The Hall–Kier alpha value is -1.58. The normalized spacial score (nSPS) is 21.6. The molecule has 98 valence electrons. The Kier molecular flexibility index (Phi) is 3.28. The third-order valence-electron chi connectivity index (χ3n) is 3.33. The van der Waals surface area contributed by atoms with Crippen molar-refractivity contribution in [3.05, 3.63) is 29.5 Å².